The molecule has 0 unspecified atom stereocenters. The summed E-state index contributed by atoms with van der Waals surface area (Å²) >= 11 is 0. The lowest BCUT2D eigenvalue weighted by atomic mass is 10.0. The topological polar surface area (TPSA) is 99.4 Å². The number of aromatic amines is 2. The van der Waals surface area contributed by atoms with Crippen molar-refractivity contribution in [3.63, 3.8) is 0 Å². The molecule has 4 heterocycles. The SMILES string of the molecule is Cc1nc(-c2cnc(NC(C)C)[nH]c2=O)ccc1Cc1c[nH]c2ncc(F)cc12. The first-order chi connectivity index (χ1) is 13.9. The van der Waals surface area contributed by atoms with Gasteiger partial charge in [0.1, 0.15) is 11.5 Å². The van der Waals surface area contributed by atoms with Crippen molar-refractivity contribution >= 4 is 17.0 Å². The van der Waals surface area contributed by atoms with Crippen LogP contribution in [0.25, 0.3) is 22.3 Å². The highest BCUT2D eigenvalue weighted by atomic mass is 19.1. The molecule has 0 aliphatic rings. The van der Waals surface area contributed by atoms with E-state index in [9.17, 15) is 9.18 Å². The van der Waals surface area contributed by atoms with Gasteiger partial charge in [-0.2, -0.15) is 0 Å². The van der Waals surface area contributed by atoms with E-state index in [1.165, 1.54) is 18.5 Å². The van der Waals surface area contributed by atoms with Gasteiger partial charge in [-0.15, -0.1) is 0 Å². The van der Waals surface area contributed by atoms with Gasteiger partial charge in [0, 0.05) is 35.9 Å². The number of hydrogen-bond acceptors (Lipinski definition) is 5. The standard InChI is InChI=1S/C21H21FN6O/c1-11(2)26-21-25-10-17(20(29)28-21)18-5-4-13(12(3)27-18)6-14-8-23-19-16(14)7-15(22)9-24-19/h4-5,7-11H,6H2,1-3H3,(H,23,24)(H2,25,26,28,29). The van der Waals surface area contributed by atoms with E-state index < -0.39 is 0 Å². The van der Waals surface area contributed by atoms with Crippen LogP contribution in [-0.2, 0) is 6.42 Å². The normalized spacial score (nSPS) is 11.3. The van der Waals surface area contributed by atoms with Crippen LogP contribution in [0.5, 0.6) is 0 Å². The van der Waals surface area contributed by atoms with E-state index in [0.29, 0.717) is 29.3 Å². The lowest BCUT2D eigenvalue weighted by Crippen LogP contribution is -2.18. The Hall–Kier alpha value is -3.55. The monoisotopic (exact) mass is 392 g/mol. The quantitative estimate of drug-likeness (QED) is 0.482. The van der Waals surface area contributed by atoms with E-state index in [0.717, 1.165) is 22.2 Å². The highest BCUT2D eigenvalue weighted by molar-refractivity contribution is 5.80. The van der Waals surface area contributed by atoms with Crippen molar-refractivity contribution in [2.24, 2.45) is 0 Å². The van der Waals surface area contributed by atoms with Crippen molar-refractivity contribution in [3.05, 3.63) is 69.8 Å². The molecule has 0 bridgehead atoms. The molecule has 0 saturated heterocycles. The van der Waals surface area contributed by atoms with E-state index in [1.807, 2.05) is 33.0 Å². The second kappa shape index (κ2) is 7.46. The highest BCUT2D eigenvalue weighted by Crippen LogP contribution is 2.23. The van der Waals surface area contributed by atoms with Crippen molar-refractivity contribution in [2.45, 2.75) is 33.2 Å². The smallest absolute Gasteiger partial charge is 0.261 e. The van der Waals surface area contributed by atoms with E-state index in [1.54, 1.807) is 6.07 Å². The minimum absolute atomic E-state index is 0.164. The lowest BCUT2D eigenvalue weighted by Gasteiger charge is -2.10. The van der Waals surface area contributed by atoms with Crippen LogP contribution in [0.4, 0.5) is 10.3 Å². The molecule has 4 aromatic heterocycles. The number of halogens is 1. The molecule has 0 atom stereocenters. The number of nitrogens with zero attached hydrogens (tertiary/aromatic N) is 3. The second-order valence-electron chi connectivity index (χ2n) is 7.26. The van der Waals surface area contributed by atoms with E-state index in [4.69, 9.17) is 0 Å². The molecule has 0 spiro atoms. The Balaban J connectivity index is 1.63. The molecule has 7 nitrogen and oxygen atoms in total. The van der Waals surface area contributed by atoms with Gasteiger partial charge in [0.25, 0.3) is 5.56 Å². The number of H-pyrrole nitrogens is 2. The van der Waals surface area contributed by atoms with Crippen molar-refractivity contribution in [1.82, 2.24) is 24.9 Å². The van der Waals surface area contributed by atoms with Crippen molar-refractivity contribution in [2.75, 3.05) is 5.32 Å². The largest absolute Gasteiger partial charge is 0.354 e. The van der Waals surface area contributed by atoms with Gasteiger partial charge < -0.3 is 10.3 Å². The van der Waals surface area contributed by atoms with Gasteiger partial charge in [0.05, 0.1) is 17.5 Å². The summed E-state index contributed by atoms with van der Waals surface area (Å²) in [6.07, 6.45) is 5.13. The van der Waals surface area contributed by atoms with Gasteiger partial charge in [0.15, 0.2) is 0 Å². The van der Waals surface area contributed by atoms with E-state index in [2.05, 4.69) is 30.2 Å². The van der Waals surface area contributed by atoms with Crippen LogP contribution in [-0.4, -0.2) is 31.0 Å². The Bertz CT molecular complexity index is 1240. The molecule has 148 valence electrons. The Kier molecular flexibility index (Phi) is 4.84. The second-order valence-corrected chi connectivity index (χ2v) is 7.26. The zero-order valence-corrected chi connectivity index (χ0v) is 16.4. The Labute approximate surface area is 166 Å². The van der Waals surface area contributed by atoms with Crippen LogP contribution in [0.15, 0.2) is 41.6 Å². The average Bonchev–Trinajstić information content (AvgIpc) is 3.05. The number of aromatic nitrogens is 5. The number of anilines is 1. The van der Waals surface area contributed by atoms with Crippen LogP contribution in [0.3, 0.4) is 0 Å². The van der Waals surface area contributed by atoms with Crippen LogP contribution in [0.2, 0.25) is 0 Å². The molecular formula is C21H21FN6O. The van der Waals surface area contributed by atoms with Gasteiger partial charge >= 0.3 is 0 Å². The van der Waals surface area contributed by atoms with Crippen LogP contribution >= 0.6 is 0 Å². The van der Waals surface area contributed by atoms with Crippen molar-refractivity contribution < 1.29 is 4.39 Å². The molecule has 8 heteroatoms. The lowest BCUT2D eigenvalue weighted by molar-refractivity contribution is 0.624. The van der Waals surface area contributed by atoms with Gasteiger partial charge in [-0.25, -0.2) is 14.4 Å². The molecular weight excluding hydrogens is 371 g/mol. The number of rotatable bonds is 5. The predicted octanol–water partition coefficient (Wildman–Crippen LogP) is 3.57. The summed E-state index contributed by atoms with van der Waals surface area (Å²) in [5.41, 5.74) is 4.09. The Morgan fingerprint density at radius 2 is 2.00 bits per heavy atom. The van der Waals surface area contributed by atoms with Gasteiger partial charge in [-0.05, 0) is 44.0 Å². The van der Waals surface area contributed by atoms with E-state index in [-0.39, 0.29) is 17.4 Å². The summed E-state index contributed by atoms with van der Waals surface area (Å²) in [7, 11) is 0. The Morgan fingerprint density at radius 3 is 2.72 bits per heavy atom. The van der Waals surface area contributed by atoms with Crippen molar-refractivity contribution in [1.29, 1.82) is 0 Å². The molecule has 0 fully saturated rings. The maximum Gasteiger partial charge on any atom is 0.261 e. The van der Waals surface area contributed by atoms with Gasteiger partial charge in [-0.1, -0.05) is 6.07 Å². The van der Waals surface area contributed by atoms with Gasteiger partial charge in [0.2, 0.25) is 5.95 Å². The summed E-state index contributed by atoms with van der Waals surface area (Å²) in [6.45, 7) is 5.83. The number of pyridine rings is 2. The maximum atomic E-state index is 13.6. The molecule has 0 aliphatic carbocycles. The minimum Gasteiger partial charge on any atom is -0.354 e. The fraction of sp³-hybridized carbons (Fsp3) is 0.238. The van der Waals surface area contributed by atoms with E-state index >= 15 is 0 Å². The first kappa shape index (κ1) is 18.8. The third kappa shape index (κ3) is 3.87. The fourth-order valence-electron chi connectivity index (χ4n) is 3.23. The zero-order chi connectivity index (χ0) is 20.5. The fourth-order valence-corrected chi connectivity index (χ4v) is 3.23. The molecule has 0 saturated carbocycles. The molecule has 29 heavy (non-hydrogen) atoms. The first-order valence-corrected chi connectivity index (χ1v) is 9.35. The summed E-state index contributed by atoms with van der Waals surface area (Å²) in [4.78, 5) is 31.1. The summed E-state index contributed by atoms with van der Waals surface area (Å²) in [5.74, 6) is 0.0629. The first-order valence-electron chi connectivity index (χ1n) is 9.35. The molecule has 0 aliphatic heterocycles. The maximum absolute atomic E-state index is 13.6. The summed E-state index contributed by atoms with van der Waals surface area (Å²) < 4.78 is 13.6. The highest BCUT2D eigenvalue weighted by Gasteiger charge is 2.12. The van der Waals surface area contributed by atoms with Crippen LogP contribution in [0, 0.1) is 12.7 Å². The minimum atomic E-state index is -0.370. The summed E-state index contributed by atoms with van der Waals surface area (Å²) in [6, 6.07) is 5.38. The average molecular weight is 392 g/mol. The molecule has 0 amide bonds. The number of nitrogens with one attached hydrogen (secondary N) is 3. The molecule has 0 aromatic carbocycles. The number of hydrogen-bond donors (Lipinski definition) is 3. The number of fused-ring (bicyclic) bond motifs is 1. The third-order valence-electron chi connectivity index (χ3n) is 4.66. The molecule has 4 rings (SSSR count). The van der Waals surface area contributed by atoms with Crippen LogP contribution < -0.4 is 10.9 Å². The van der Waals surface area contributed by atoms with Crippen molar-refractivity contribution in [3.8, 4) is 11.3 Å². The third-order valence-corrected chi connectivity index (χ3v) is 4.66. The predicted molar refractivity (Wildman–Crippen MR) is 110 cm³/mol. The van der Waals surface area contributed by atoms with Gasteiger partial charge in [-0.3, -0.25) is 14.8 Å². The summed E-state index contributed by atoms with van der Waals surface area (Å²) in [5, 5.41) is 3.82. The zero-order valence-electron chi connectivity index (χ0n) is 16.4. The molecule has 0 radical (unpaired) electrons. The number of aryl methyl sites for hydroxylation is 1. The Morgan fingerprint density at radius 1 is 1.17 bits per heavy atom. The molecule has 3 N–H and O–H groups in total. The molecule has 4 aromatic rings. The van der Waals surface area contributed by atoms with Crippen LogP contribution in [0.1, 0.15) is 30.7 Å².